The third-order valence-electron chi connectivity index (χ3n) is 10.7. The third-order valence-corrected chi connectivity index (χ3v) is 12.1. The first-order chi connectivity index (χ1) is 25.5. The Morgan fingerprint density at radius 3 is 2.36 bits per heavy atom. The van der Waals surface area contributed by atoms with Crippen molar-refractivity contribution in [1.82, 2.24) is 4.90 Å². The highest BCUT2D eigenvalue weighted by molar-refractivity contribution is 8.00. The van der Waals surface area contributed by atoms with Crippen LogP contribution in [0.5, 0.6) is 0 Å². The molecule has 3 aliphatic rings. The van der Waals surface area contributed by atoms with Crippen LogP contribution < -0.4 is 0 Å². The minimum atomic E-state index is -1.15. The van der Waals surface area contributed by atoms with E-state index in [1.807, 2.05) is 51.3 Å². The first-order valence-electron chi connectivity index (χ1n) is 17.8. The highest BCUT2D eigenvalue weighted by Gasteiger charge is 2.55. The number of nitro groups is 1. The zero-order valence-corrected chi connectivity index (χ0v) is 31.5. The summed E-state index contributed by atoms with van der Waals surface area (Å²) in [6.07, 6.45) is -1.99. The molecule has 0 saturated carbocycles. The lowest BCUT2D eigenvalue weighted by Gasteiger charge is -2.50. The first-order valence-corrected chi connectivity index (χ1v) is 19.1. The van der Waals surface area contributed by atoms with Gasteiger partial charge in [0.2, 0.25) is 0 Å². The van der Waals surface area contributed by atoms with Crippen molar-refractivity contribution in [2.75, 3.05) is 26.6 Å². The van der Waals surface area contributed by atoms with Crippen LogP contribution in [0, 0.1) is 10.1 Å². The molecule has 1 N–H and O–H groups in total. The Balaban J connectivity index is 1.16. The smallest absolute Gasteiger partial charge is 0.410 e. The molecule has 53 heavy (non-hydrogen) atoms. The van der Waals surface area contributed by atoms with Gasteiger partial charge in [-0.15, -0.1) is 18.3 Å². The van der Waals surface area contributed by atoms with Gasteiger partial charge in [0, 0.05) is 31.6 Å². The van der Waals surface area contributed by atoms with Crippen LogP contribution in [0.15, 0.2) is 85.5 Å². The number of aliphatic hydroxyl groups is 1. The number of carbonyl (C=O) groups excluding carboxylic acids is 1. The lowest BCUT2D eigenvalue weighted by molar-refractivity contribution is -0.386. The topological polar surface area (TPSA) is 139 Å². The van der Waals surface area contributed by atoms with Crippen molar-refractivity contribution in [1.29, 1.82) is 0 Å². The van der Waals surface area contributed by atoms with Gasteiger partial charge < -0.3 is 33.5 Å². The number of carbonyl (C=O) groups is 1. The Labute approximate surface area is 314 Å². The minimum absolute atomic E-state index is 0.0719. The van der Waals surface area contributed by atoms with E-state index < -0.39 is 58.8 Å². The summed E-state index contributed by atoms with van der Waals surface area (Å²) in [5, 5.41) is 23.5. The van der Waals surface area contributed by atoms with Crippen molar-refractivity contribution in [2.45, 2.75) is 93.5 Å². The second-order valence-electron chi connectivity index (χ2n) is 13.8. The minimum Gasteiger partial charge on any atom is -0.448 e. The molecular weight excluding hydrogens is 701 g/mol. The number of benzene rings is 3. The number of nitrogens with zero attached hydrogens (tertiary/aromatic N) is 2. The molecule has 1 aliphatic carbocycles. The van der Waals surface area contributed by atoms with Crippen LogP contribution in [-0.4, -0.2) is 101 Å². The molecule has 0 unspecified atom stereocenters. The number of ether oxygens (including phenoxy) is 6. The molecule has 0 aromatic heterocycles. The van der Waals surface area contributed by atoms with Gasteiger partial charge in [0.1, 0.15) is 18.8 Å². The fourth-order valence-corrected chi connectivity index (χ4v) is 8.78. The predicted octanol–water partition coefficient (Wildman–Crippen LogP) is 6.68. The Hall–Kier alpha value is -3.82. The molecule has 0 bridgehead atoms. The number of aliphatic hydroxyl groups excluding tert-OH is 1. The van der Waals surface area contributed by atoms with Gasteiger partial charge in [-0.25, -0.2) is 4.79 Å². The van der Waals surface area contributed by atoms with Crippen molar-refractivity contribution in [3.63, 3.8) is 0 Å². The van der Waals surface area contributed by atoms with Crippen LogP contribution in [0.25, 0.3) is 11.1 Å². The average molecular weight is 749 g/mol. The lowest BCUT2D eigenvalue weighted by Crippen LogP contribution is -2.65. The normalized spacial score (nSPS) is 28.2. The van der Waals surface area contributed by atoms with E-state index >= 15 is 0 Å². The predicted molar refractivity (Wildman–Crippen MR) is 201 cm³/mol. The number of thioether (sulfide) groups is 1. The summed E-state index contributed by atoms with van der Waals surface area (Å²) >= 11 is 1.38. The van der Waals surface area contributed by atoms with Crippen LogP contribution in [0.3, 0.4) is 0 Å². The van der Waals surface area contributed by atoms with Gasteiger partial charge in [-0.3, -0.25) is 15.0 Å². The van der Waals surface area contributed by atoms with Crippen LogP contribution in [0.4, 0.5) is 10.5 Å². The Bertz CT molecular complexity index is 1730. The van der Waals surface area contributed by atoms with Gasteiger partial charge in [0.25, 0.3) is 5.69 Å². The standard InChI is InChI=1S/C40H48N2O10S/c1-7-40(53-6)25(4)51-38(49-21-26-14-8-13-19-32(26)42(45)46)36(37(40)43)52-35-20-34(47-5)33(23-48-35)41(24(2)3)39(44)50-22-31-29-17-11-9-15-27(29)28-16-10-12-18-30(28)31/h7-19,24-25,31,33-38,43H,1,20-23H2,2-6H3/t25-,33+,34+,35+,36-,37-,38-,40+/m1/s1. The maximum Gasteiger partial charge on any atom is 0.410 e. The SMILES string of the molecule is C=C[C@@]1(SC)[C@H](O)[C@@H](O[C@H]2C[C@H](OC)[C@@H](N(C(=O)OCC3c4ccccc4-c4ccccc43)C(C)C)CO2)[C@H](OCc2ccccc2[N+](=O)[O-])O[C@@H]1C. The van der Waals surface area contributed by atoms with E-state index in [2.05, 4.69) is 30.8 Å². The molecule has 6 rings (SSSR count). The molecule has 12 nitrogen and oxygen atoms in total. The van der Waals surface area contributed by atoms with Gasteiger partial charge in [-0.1, -0.05) is 66.7 Å². The maximum absolute atomic E-state index is 13.9. The molecule has 2 heterocycles. The molecule has 2 saturated heterocycles. The molecule has 8 atom stereocenters. The molecule has 13 heteroatoms. The molecule has 2 fully saturated rings. The lowest BCUT2D eigenvalue weighted by atomic mass is 9.88. The highest BCUT2D eigenvalue weighted by atomic mass is 32.2. The number of para-hydroxylation sites is 1. The number of hydrogen-bond donors (Lipinski definition) is 1. The molecule has 284 valence electrons. The quantitative estimate of drug-likeness (QED) is 0.114. The zero-order chi connectivity index (χ0) is 37.9. The van der Waals surface area contributed by atoms with Gasteiger partial charge in [0.05, 0.1) is 46.7 Å². The maximum atomic E-state index is 13.9. The van der Waals surface area contributed by atoms with Crippen LogP contribution in [0.2, 0.25) is 0 Å². The van der Waals surface area contributed by atoms with Gasteiger partial charge in [-0.2, -0.15) is 0 Å². The monoisotopic (exact) mass is 748 g/mol. The van der Waals surface area contributed by atoms with E-state index in [0.717, 1.165) is 22.3 Å². The van der Waals surface area contributed by atoms with E-state index in [1.54, 1.807) is 36.3 Å². The van der Waals surface area contributed by atoms with Crippen molar-refractivity contribution in [3.8, 4) is 11.1 Å². The summed E-state index contributed by atoms with van der Waals surface area (Å²) in [6, 6.07) is 22.0. The van der Waals surface area contributed by atoms with Crippen molar-refractivity contribution < 1.29 is 43.2 Å². The Morgan fingerprint density at radius 2 is 1.75 bits per heavy atom. The van der Waals surface area contributed by atoms with Gasteiger partial charge in [-0.05, 0) is 55.3 Å². The van der Waals surface area contributed by atoms with E-state index in [-0.39, 0.29) is 43.9 Å². The van der Waals surface area contributed by atoms with E-state index in [9.17, 15) is 20.0 Å². The van der Waals surface area contributed by atoms with E-state index in [1.165, 1.54) is 17.8 Å². The van der Waals surface area contributed by atoms with Gasteiger partial charge >= 0.3 is 6.09 Å². The second kappa shape index (κ2) is 16.7. The van der Waals surface area contributed by atoms with Gasteiger partial charge in [0.15, 0.2) is 12.6 Å². The summed E-state index contributed by atoms with van der Waals surface area (Å²) in [5.41, 5.74) is 4.82. The highest BCUT2D eigenvalue weighted by Crippen LogP contribution is 2.45. The number of fused-ring (bicyclic) bond motifs is 3. The Kier molecular flexibility index (Phi) is 12.2. The number of nitro benzene ring substituents is 1. The Morgan fingerprint density at radius 1 is 1.11 bits per heavy atom. The molecule has 2 aliphatic heterocycles. The van der Waals surface area contributed by atoms with Crippen molar-refractivity contribution in [3.05, 3.63) is 112 Å². The molecule has 1 amide bonds. The molecular formula is C40H48N2O10S. The molecule has 3 aromatic rings. The van der Waals surface area contributed by atoms with E-state index in [0.29, 0.717) is 5.56 Å². The number of amides is 1. The summed E-state index contributed by atoms with van der Waals surface area (Å²) < 4.78 is 36.2. The summed E-state index contributed by atoms with van der Waals surface area (Å²) in [4.78, 5) is 26.7. The van der Waals surface area contributed by atoms with Crippen LogP contribution in [0.1, 0.15) is 49.8 Å². The molecule has 0 radical (unpaired) electrons. The largest absolute Gasteiger partial charge is 0.448 e. The fraction of sp³-hybridized carbons (Fsp3) is 0.475. The first kappa shape index (κ1) is 38.9. The average Bonchev–Trinajstić information content (AvgIpc) is 3.48. The molecule has 0 spiro atoms. The summed E-state index contributed by atoms with van der Waals surface area (Å²) in [6.45, 7) is 9.73. The second-order valence-corrected chi connectivity index (χ2v) is 14.9. The summed E-state index contributed by atoms with van der Waals surface area (Å²) in [5.74, 6) is -0.0852. The van der Waals surface area contributed by atoms with Crippen LogP contribution in [-0.2, 0) is 35.0 Å². The number of rotatable bonds is 13. The number of methoxy groups -OCH3 is 1. The van der Waals surface area contributed by atoms with E-state index in [4.69, 9.17) is 28.4 Å². The fourth-order valence-electron chi connectivity index (χ4n) is 7.85. The van der Waals surface area contributed by atoms with Crippen molar-refractivity contribution >= 4 is 23.5 Å². The third kappa shape index (κ3) is 7.61. The van der Waals surface area contributed by atoms with Crippen molar-refractivity contribution in [2.24, 2.45) is 0 Å². The summed E-state index contributed by atoms with van der Waals surface area (Å²) in [7, 11) is 1.58. The van der Waals surface area contributed by atoms with Crippen LogP contribution >= 0.6 is 11.8 Å². The zero-order valence-electron chi connectivity index (χ0n) is 30.7. The molecule has 3 aromatic carbocycles. The number of hydrogen-bond acceptors (Lipinski definition) is 11.